The summed E-state index contributed by atoms with van der Waals surface area (Å²) in [4.78, 5) is 5.81. The van der Waals surface area contributed by atoms with Crippen LogP contribution in [0.1, 0.15) is 0 Å². The first-order chi connectivity index (χ1) is 3.35. The van der Waals surface area contributed by atoms with E-state index in [-0.39, 0.29) is 0 Å². The molecule has 0 bridgehead atoms. The Morgan fingerprint density at radius 2 is 1.14 bits per heavy atom. The van der Waals surface area contributed by atoms with Crippen molar-refractivity contribution < 1.29 is 0 Å². The van der Waals surface area contributed by atoms with E-state index in [1.807, 2.05) is 14.6 Å². The molecule has 7 heavy (non-hydrogen) atoms. The van der Waals surface area contributed by atoms with Gasteiger partial charge in [0.1, 0.15) is 0 Å². The van der Waals surface area contributed by atoms with E-state index in [0.29, 0.717) is 0 Å². The van der Waals surface area contributed by atoms with Crippen molar-refractivity contribution >= 4 is 14.7 Å². The molecule has 0 saturated carbocycles. The van der Waals surface area contributed by atoms with Gasteiger partial charge >= 0.3 is 49.0 Å². The van der Waals surface area contributed by atoms with Crippen molar-refractivity contribution in [2.75, 3.05) is 0 Å². The Bertz CT molecular complexity index is 65.2. The fraction of sp³-hybridized carbons (Fsp3) is 0. The molecule has 0 saturated heterocycles. The summed E-state index contributed by atoms with van der Waals surface area (Å²) in [6.07, 6.45) is 0. The number of hydrogen-bond acceptors (Lipinski definition) is 0. The van der Waals surface area contributed by atoms with E-state index in [9.17, 15) is 0 Å². The van der Waals surface area contributed by atoms with Gasteiger partial charge in [-0.25, -0.2) is 0 Å². The predicted molar refractivity (Wildman–Crippen MR) is 36.3 cm³/mol. The summed E-state index contributed by atoms with van der Waals surface area (Å²) >= 11 is -0.938. The second-order valence-electron chi connectivity index (χ2n) is 0.995. The Morgan fingerprint density at radius 1 is 0.857 bits per heavy atom. The third kappa shape index (κ3) is 2.47. The molecule has 0 aromatic rings. The van der Waals surface area contributed by atoms with Crippen LogP contribution in [0, 0.1) is 0 Å². The van der Waals surface area contributed by atoms with E-state index in [1.54, 1.807) is 0 Å². The fourth-order valence-electron chi connectivity index (χ4n) is 0.224. The number of hydrogen-bond donors (Lipinski definition) is 0. The monoisotopic (exact) mass is 156 g/mol. The van der Waals surface area contributed by atoms with Crippen molar-refractivity contribution in [1.82, 2.24) is 0 Å². The van der Waals surface area contributed by atoms with Crippen LogP contribution in [0.2, 0.25) is 0 Å². The Hall–Kier alpha value is -0.222. The summed E-state index contributed by atoms with van der Waals surface area (Å²) in [7, 11) is 0. The normalized spacial score (nSPS) is 8.14. The molecule has 0 aliphatic heterocycles. The molecular formula is C6H9As. The average molecular weight is 156 g/mol. The minimum absolute atomic E-state index is 0.938. The second-order valence-corrected chi connectivity index (χ2v) is 5.17. The van der Waals surface area contributed by atoms with Gasteiger partial charge < -0.3 is 0 Å². The van der Waals surface area contributed by atoms with Crippen LogP contribution >= 0.6 is 0 Å². The van der Waals surface area contributed by atoms with E-state index in [0.717, 1.165) is 0 Å². The van der Waals surface area contributed by atoms with E-state index >= 15 is 0 Å². The summed E-state index contributed by atoms with van der Waals surface area (Å²) < 4.78 is 0. The van der Waals surface area contributed by atoms with Crippen LogP contribution in [0.3, 0.4) is 0 Å². The topological polar surface area (TPSA) is 0 Å². The average Bonchev–Trinajstić information content (AvgIpc) is 1.72. The molecule has 0 fully saturated rings. The van der Waals surface area contributed by atoms with Crippen molar-refractivity contribution in [3.8, 4) is 0 Å². The zero-order chi connectivity index (χ0) is 5.70. The van der Waals surface area contributed by atoms with Crippen LogP contribution in [-0.2, 0) is 0 Å². The van der Waals surface area contributed by atoms with Gasteiger partial charge in [-0.2, -0.15) is 0 Å². The van der Waals surface area contributed by atoms with Gasteiger partial charge in [0, 0.05) is 0 Å². The Labute approximate surface area is 49.5 Å². The van der Waals surface area contributed by atoms with Crippen molar-refractivity contribution in [3.05, 3.63) is 34.3 Å². The van der Waals surface area contributed by atoms with E-state index < -0.39 is 14.7 Å². The van der Waals surface area contributed by atoms with Gasteiger partial charge in [-0.1, -0.05) is 0 Å². The van der Waals surface area contributed by atoms with Crippen LogP contribution in [0.4, 0.5) is 0 Å². The Kier molecular flexibility index (Phi) is 3.83. The molecule has 0 heterocycles. The maximum absolute atomic E-state index is 3.62. The summed E-state index contributed by atoms with van der Waals surface area (Å²) in [6, 6.07) is 0. The molecule has 0 aliphatic rings. The standard InChI is InChI=1S/C6H9As/c1-4-7(5-2)6-3/h4-6H,1-3H2. The molecule has 0 aromatic carbocycles. The first-order valence-electron chi connectivity index (χ1n) is 2.00. The molecule has 0 aromatic heterocycles. The minimum atomic E-state index is -0.938. The molecule has 0 amide bonds. The molecule has 0 aliphatic carbocycles. The van der Waals surface area contributed by atoms with Crippen LogP contribution in [0.15, 0.2) is 34.3 Å². The molecule has 0 rings (SSSR count). The molecule has 1 heteroatoms. The summed E-state index contributed by atoms with van der Waals surface area (Å²) in [5, 5.41) is 0. The van der Waals surface area contributed by atoms with Gasteiger partial charge in [0.25, 0.3) is 0 Å². The summed E-state index contributed by atoms with van der Waals surface area (Å²) in [5.41, 5.74) is 0. The number of rotatable bonds is 3. The van der Waals surface area contributed by atoms with Crippen molar-refractivity contribution in [2.24, 2.45) is 0 Å². The Balaban J connectivity index is 3.57. The maximum atomic E-state index is 3.62. The van der Waals surface area contributed by atoms with Gasteiger partial charge in [-0.05, 0) is 0 Å². The summed E-state index contributed by atoms with van der Waals surface area (Å²) in [5.74, 6) is 0. The first-order valence-corrected chi connectivity index (χ1v) is 5.25. The molecule has 0 radical (unpaired) electrons. The first kappa shape index (κ1) is 6.78. The van der Waals surface area contributed by atoms with E-state index in [4.69, 9.17) is 0 Å². The quantitative estimate of drug-likeness (QED) is 0.545. The predicted octanol–water partition coefficient (Wildman–Crippen LogP) is 1.66. The molecule has 0 spiro atoms. The van der Waals surface area contributed by atoms with Gasteiger partial charge in [-0.15, -0.1) is 0 Å². The van der Waals surface area contributed by atoms with Gasteiger partial charge in [0.2, 0.25) is 0 Å². The van der Waals surface area contributed by atoms with E-state index in [1.165, 1.54) is 0 Å². The van der Waals surface area contributed by atoms with E-state index in [2.05, 4.69) is 19.7 Å². The van der Waals surface area contributed by atoms with Gasteiger partial charge in [0.05, 0.1) is 0 Å². The van der Waals surface area contributed by atoms with Gasteiger partial charge in [-0.3, -0.25) is 0 Å². The van der Waals surface area contributed by atoms with Crippen LogP contribution < -0.4 is 0 Å². The third-order valence-corrected chi connectivity index (χ3v) is 3.29. The third-order valence-electron chi connectivity index (χ3n) is 0.632. The molecule has 0 nitrogen and oxygen atoms in total. The van der Waals surface area contributed by atoms with Crippen LogP contribution in [-0.4, -0.2) is 14.7 Å². The van der Waals surface area contributed by atoms with Crippen molar-refractivity contribution in [2.45, 2.75) is 0 Å². The Morgan fingerprint density at radius 3 is 1.14 bits per heavy atom. The molecule has 0 N–H and O–H groups in total. The summed E-state index contributed by atoms with van der Waals surface area (Å²) in [6.45, 7) is 10.9. The van der Waals surface area contributed by atoms with Crippen molar-refractivity contribution in [1.29, 1.82) is 0 Å². The molecular weight excluding hydrogens is 147 g/mol. The zero-order valence-corrected chi connectivity index (χ0v) is 6.18. The van der Waals surface area contributed by atoms with Crippen LogP contribution in [0.5, 0.6) is 0 Å². The van der Waals surface area contributed by atoms with Crippen molar-refractivity contribution in [3.63, 3.8) is 0 Å². The van der Waals surface area contributed by atoms with Crippen LogP contribution in [0.25, 0.3) is 0 Å². The second kappa shape index (κ2) is 3.95. The fourth-order valence-corrected chi connectivity index (χ4v) is 1.16. The zero-order valence-electron chi connectivity index (χ0n) is 4.30. The SMILES string of the molecule is C=C[As](C=C)C=C. The van der Waals surface area contributed by atoms with Gasteiger partial charge in [0.15, 0.2) is 0 Å². The molecule has 0 atom stereocenters. The molecule has 0 unspecified atom stereocenters. The molecule has 38 valence electrons.